The Morgan fingerprint density at radius 3 is 2.59 bits per heavy atom. The molecule has 112 valence electrons. The van der Waals surface area contributed by atoms with Gasteiger partial charge in [0.2, 0.25) is 0 Å². The molecule has 3 rings (SSSR count). The van der Waals surface area contributed by atoms with Gasteiger partial charge >= 0.3 is 0 Å². The van der Waals surface area contributed by atoms with E-state index < -0.39 is 0 Å². The van der Waals surface area contributed by atoms with E-state index in [1.807, 2.05) is 0 Å². The Morgan fingerprint density at radius 1 is 1.05 bits per heavy atom. The fraction of sp³-hybridized carbons (Fsp3) is 0.300. The van der Waals surface area contributed by atoms with Gasteiger partial charge in [-0.25, -0.2) is 9.97 Å². The van der Waals surface area contributed by atoms with Gasteiger partial charge in [0, 0.05) is 11.3 Å². The third-order valence-electron chi connectivity index (χ3n) is 4.46. The molecule has 3 aromatic rings. The van der Waals surface area contributed by atoms with Crippen molar-refractivity contribution in [3.8, 4) is 0 Å². The summed E-state index contributed by atoms with van der Waals surface area (Å²) in [5.74, 6) is 0.262. The van der Waals surface area contributed by atoms with Gasteiger partial charge in [-0.2, -0.15) is 0 Å². The molecule has 0 aliphatic heterocycles. The smallest absolute Gasteiger partial charge is 0.116 e. The van der Waals surface area contributed by atoms with Crippen LogP contribution in [0.5, 0.6) is 0 Å². The molecule has 0 bridgehead atoms. The second-order valence-corrected chi connectivity index (χ2v) is 6.04. The number of rotatable bonds is 3. The Kier molecular flexibility index (Phi) is 3.93. The van der Waals surface area contributed by atoms with E-state index in [0.29, 0.717) is 0 Å². The second kappa shape index (κ2) is 5.88. The summed E-state index contributed by atoms with van der Waals surface area (Å²) in [6.45, 7) is 8.71. The maximum Gasteiger partial charge on any atom is 0.116 e. The lowest BCUT2D eigenvalue weighted by atomic mass is 9.92. The van der Waals surface area contributed by atoms with Crippen LogP contribution >= 0.6 is 0 Å². The highest BCUT2D eigenvalue weighted by Crippen LogP contribution is 2.29. The highest BCUT2D eigenvalue weighted by Gasteiger charge is 2.15. The lowest BCUT2D eigenvalue weighted by Crippen LogP contribution is -2.02. The summed E-state index contributed by atoms with van der Waals surface area (Å²) < 4.78 is 0. The van der Waals surface area contributed by atoms with Crippen molar-refractivity contribution in [2.75, 3.05) is 0 Å². The van der Waals surface area contributed by atoms with Crippen LogP contribution in [0, 0.1) is 13.8 Å². The number of aromatic nitrogens is 2. The van der Waals surface area contributed by atoms with Crippen molar-refractivity contribution in [3.63, 3.8) is 0 Å². The van der Waals surface area contributed by atoms with Crippen LogP contribution in [0.25, 0.3) is 10.9 Å². The molecule has 0 saturated carbocycles. The minimum absolute atomic E-state index is 0.262. The minimum Gasteiger partial charge on any atom is -0.240 e. The van der Waals surface area contributed by atoms with Crippen LogP contribution in [-0.2, 0) is 6.42 Å². The molecule has 1 heterocycles. The molecule has 0 N–H and O–H groups in total. The van der Waals surface area contributed by atoms with Crippen molar-refractivity contribution >= 4 is 10.9 Å². The Bertz CT molecular complexity index is 821. The van der Waals surface area contributed by atoms with E-state index in [2.05, 4.69) is 74.1 Å². The molecular weight excluding hydrogens is 268 g/mol. The number of fused-ring (bicyclic) bond motifs is 1. The van der Waals surface area contributed by atoms with E-state index in [9.17, 15) is 0 Å². The number of hydrogen-bond acceptors (Lipinski definition) is 2. The monoisotopic (exact) mass is 290 g/mol. The fourth-order valence-corrected chi connectivity index (χ4v) is 3.10. The fourth-order valence-electron chi connectivity index (χ4n) is 3.10. The lowest BCUT2D eigenvalue weighted by molar-refractivity contribution is 0.874. The number of nitrogens with zero attached hydrogens (tertiary/aromatic N) is 2. The summed E-state index contributed by atoms with van der Waals surface area (Å²) in [5, 5.41) is 1.18. The number of hydrogen-bond donors (Lipinski definition) is 0. The molecule has 0 fully saturated rings. The zero-order valence-electron chi connectivity index (χ0n) is 13.7. The van der Waals surface area contributed by atoms with E-state index in [4.69, 9.17) is 0 Å². The van der Waals surface area contributed by atoms with Gasteiger partial charge in [-0.1, -0.05) is 43.7 Å². The topological polar surface area (TPSA) is 25.8 Å². The molecule has 22 heavy (non-hydrogen) atoms. The van der Waals surface area contributed by atoms with E-state index in [1.165, 1.54) is 27.6 Å². The van der Waals surface area contributed by atoms with Crippen LogP contribution in [0.15, 0.2) is 42.7 Å². The molecule has 0 aliphatic carbocycles. The molecule has 0 spiro atoms. The normalized spacial score (nSPS) is 12.5. The van der Waals surface area contributed by atoms with Gasteiger partial charge in [-0.15, -0.1) is 0 Å². The third kappa shape index (κ3) is 2.61. The summed E-state index contributed by atoms with van der Waals surface area (Å²) in [7, 11) is 0. The average Bonchev–Trinajstić information content (AvgIpc) is 2.53. The molecule has 0 saturated heterocycles. The van der Waals surface area contributed by atoms with Crippen LogP contribution in [0.1, 0.15) is 47.7 Å². The first kappa shape index (κ1) is 14.7. The van der Waals surface area contributed by atoms with E-state index in [-0.39, 0.29) is 5.92 Å². The van der Waals surface area contributed by atoms with Gasteiger partial charge in [0.05, 0.1) is 11.2 Å². The largest absolute Gasteiger partial charge is 0.240 e. The standard InChI is InChI=1S/C20H22N2/c1-5-16-11-18-19(10-14(16)3)21-12-22-20(18)15(4)17-8-6-7-13(2)9-17/h6-12,15H,5H2,1-4H3. The molecule has 2 aromatic carbocycles. The summed E-state index contributed by atoms with van der Waals surface area (Å²) in [6, 6.07) is 13.1. The van der Waals surface area contributed by atoms with E-state index >= 15 is 0 Å². The zero-order chi connectivity index (χ0) is 15.7. The number of aryl methyl sites for hydroxylation is 3. The van der Waals surface area contributed by atoms with Gasteiger partial charge < -0.3 is 0 Å². The Balaban J connectivity index is 2.17. The molecule has 0 aliphatic rings. The highest BCUT2D eigenvalue weighted by molar-refractivity contribution is 5.83. The first-order valence-electron chi connectivity index (χ1n) is 7.91. The Hall–Kier alpha value is -2.22. The van der Waals surface area contributed by atoms with Crippen molar-refractivity contribution in [1.82, 2.24) is 9.97 Å². The average molecular weight is 290 g/mol. The highest BCUT2D eigenvalue weighted by atomic mass is 14.8. The number of benzene rings is 2. The molecule has 1 unspecified atom stereocenters. The molecular formula is C20H22N2. The van der Waals surface area contributed by atoms with Crippen LogP contribution in [0.4, 0.5) is 0 Å². The lowest BCUT2D eigenvalue weighted by Gasteiger charge is -2.15. The molecule has 0 amide bonds. The van der Waals surface area contributed by atoms with Crippen LogP contribution in [-0.4, -0.2) is 9.97 Å². The maximum absolute atomic E-state index is 4.61. The first-order chi connectivity index (χ1) is 10.6. The zero-order valence-corrected chi connectivity index (χ0v) is 13.7. The second-order valence-electron chi connectivity index (χ2n) is 6.04. The van der Waals surface area contributed by atoms with Crippen molar-refractivity contribution < 1.29 is 0 Å². The predicted molar refractivity (Wildman–Crippen MR) is 92.3 cm³/mol. The molecule has 1 atom stereocenters. The van der Waals surface area contributed by atoms with Gasteiger partial charge in [0.1, 0.15) is 6.33 Å². The van der Waals surface area contributed by atoms with Crippen molar-refractivity contribution in [2.24, 2.45) is 0 Å². The SMILES string of the molecule is CCc1cc2c(C(C)c3cccc(C)c3)ncnc2cc1C. The summed E-state index contributed by atoms with van der Waals surface area (Å²) in [5.41, 5.74) is 7.43. The molecule has 1 aromatic heterocycles. The summed E-state index contributed by atoms with van der Waals surface area (Å²) in [6.07, 6.45) is 2.73. The molecule has 2 nitrogen and oxygen atoms in total. The van der Waals surface area contributed by atoms with Crippen molar-refractivity contribution in [1.29, 1.82) is 0 Å². The van der Waals surface area contributed by atoms with Gasteiger partial charge in [-0.3, -0.25) is 0 Å². The minimum atomic E-state index is 0.262. The van der Waals surface area contributed by atoms with E-state index in [1.54, 1.807) is 6.33 Å². The first-order valence-corrected chi connectivity index (χ1v) is 7.91. The van der Waals surface area contributed by atoms with Gasteiger partial charge in [-0.05, 0) is 49.1 Å². The van der Waals surface area contributed by atoms with Gasteiger partial charge in [0.15, 0.2) is 0 Å². The van der Waals surface area contributed by atoms with Crippen LogP contribution in [0.3, 0.4) is 0 Å². The quantitative estimate of drug-likeness (QED) is 0.681. The maximum atomic E-state index is 4.61. The Labute approximate surface area is 132 Å². The van der Waals surface area contributed by atoms with Crippen molar-refractivity contribution in [2.45, 2.75) is 40.0 Å². The van der Waals surface area contributed by atoms with Crippen molar-refractivity contribution in [3.05, 3.63) is 70.7 Å². The summed E-state index contributed by atoms with van der Waals surface area (Å²) in [4.78, 5) is 9.07. The molecule has 0 radical (unpaired) electrons. The van der Waals surface area contributed by atoms with Crippen LogP contribution < -0.4 is 0 Å². The molecule has 2 heteroatoms. The third-order valence-corrected chi connectivity index (χ3v) is 4.46. The van der Waals surface area contributed by atoms with Crippen LogP contribution in [0.2, 0.25) is 0 Å². The predicted octanol–water partition coefficient (Wildman–Crippen LogP) is 4.96. The Morgan fingerprint density at radius 2 is 1.86 bits per heavy atom. The summed E-state index contributed by atoms with van der Waals surface area (Å²) >= 11 is 0. The van der Waals surface area contributed by atoms with Gasteiger partial charge in [0.25, 0.3) is 0 Å². The van der Waals surface area contributed by atoms with E-state index in [0.717, 1.165) is 17.6 Å².